The molecule has 9 heteroatoms. The first-order chi connectivity index (χ1) is 19.6. The Bertz CT molecular complexity index is 1510. The van der Waals surface area contributed by atoms with Crippen LogP contribution in [-0.4, -0.2) is 79.4 Å². The summed E-state index contributed by atoms with van der Waals surface area (Å²) in [6, 6.07) is 16.5. The van der Waals surface area contributed by atoms with Gasteiger partial charge in [0.15, 0.2) is 0 Å². The van der Waals surface area contributed by atoms with Gasteiger partial charge in [0.25, 0.3) is 5.56 Å². The van der Waals surface area contributed by atoms with Crippen LogP contribution in [0.15, 0.2) is 59.7 Å². The number of piperazine rings is 1. The lowest BCUT2D eigenvalue weighted by molar-refractivity contribution is 0.246. The first kappa shape index (κ1) is 26.8. The normalized spacial score (nSPS) is 16.3. The molecule has 0 atom stereocenters. The summed E-state index contributed by atoms with van der Waals surface area (Å²) in [6.45, 7) is 8.18. The molecule has 4 heterocycles. The summed E-state index contributed by atoms with van der Waals surface area (Å²) >= 11 is 1.69. The fraction of sp³-hybridized carbons (Fsp3) is 0.419. The molecule has 0 amide bonds. The number of fused-ring (bicyclic) bond motifs is 3. The molecule has 0 saturated carbocycles. The highest BCUT2D eigenvalue weighted by Crippen LogP contribution is 2.32. The number of thiophene rings is 1. The summed E-state index contributed by atoms with van der Waals surface area (Å²) in [7, 11) is 3.42. The summed E-state index contributed by atoms with van der Waals surface area (Å²) < 4.78 is 12.6. The maximum absolute atomic E-state index is 13.6. The van der Waals surface area contributed by atoms with Crippen LogP contribution in [0.5, 0.6) is 11.5 Å². The summed E-state index contributed by atoms with van der Waals surface area (Å²) in [6.07, 6.45) is 3.66. The molecule has 1 saturated heterocycles. The van der Waals surface area contributed by atoms with Crippen molar-refractivity contribution in [3.63, 3.8) is 0 Å². The zero-order valence-electron chi connectivity index (χ0n) is 23.3. The lowest BCUT2D eigenvalue weighted by atomic mass is 10.0. The Hall–Kier alpha value is -3.40. The summed E-state index contributed by atoms with van der Waals surface area (Å²) in [5, 5.41) is 0.846. The number of para-hydroxylation sites is 2. The summed E-state index contributed by atoms with van der Waals surface area (Å²) in [4.78, 5) is 27.8. The van der Waals surface area contributed by atoms with E-state index in [-0.39, 0.29) is 5.56 Å². The van der Waals surface area contributed by atoms with E-state index in [0.717, 1.165) is 92.6 Å². The first-order valence-corrected chi connectivity index (χ1v) is 14.9. The van der Waals surface area contributed by atoms with Crippen LogP contribution in [0.1, 0.15) is 16.0 Å². The zero-order valence-corrected chi connectivity index (χ0v) is 24.2. The van der Waals surface area contributed by atoms with E-state index in [2.05, 4.69) is 39.0 Å². The maximum Gasteiger partial charge on any atom is 0.262 e. The van der Waals surface area contributed by atoms with E-state index in [1.165, 1.54) is 16.0 Å². The fourth-order valence-electron chi connectivity index (χ4n) is 5.85. The lowest BCUT2D eigenvalue weighted by Crippen LogP contribution is -2.47. The van der Waals surface area contributed by atoms with Crippen LogP contribution in [0.3, 0.4) is 0 Å². The van der Waals surface area contributed by atoms with E-state index < -0.39 is 0 Å². The van der Waals surface area contributed by atoms with Gasteiger partial charge < -0.3 is 14.4 Å². The van der Waals surface area contributed by atoms with Gasteiger partial charge in [-0.2, -0.15) is 0 Å². The standard InChI is InChI=1S/C31H37N5O3S/c1-38-24-9-7-23(8-10-24)11-13-34-14-12-25-28(21-34)40-30-29(25)31(37)36(22-32-30)20-17-33-15-18-35(19-16-33)26-5-3-4-6-27(26)39-2/h3-10,22H,11-21H2,1-2H3. The molecule has 210 valence electrons. The second kappa shape index (κ2) is 12.0. The summed E-state index contributed by atoms with van der Waals surface area (Å²) in [5.41, 5.74) is 3.80. The predicted octanol–water partition coefficient (Wildman–Crippen LogP) is 3.90. The molecular formula is C31H37N5O3S. The van der Waals surface area contributed by atoms with Gasteiger partial charge in [0.2, 0.25) is 0 Å². The van der Waals surface area contributed by atoms with E-state index in [0.29, 0.717) is 6.54 Å². The molecule has 8 nitrogen and oxygen atoms in total. The van der Waals surface area contributed by atoms with E-state index in [1.807, 2.05) is 28.8 Å². The van der Waals surface area contributed by atoms with Crippen LogP contribution in [0.2, 0.25) is 0 Å². The minimum atomic E-state index is 0.113. The van der Waals surface area contributed by atoms with Crippen LogP contribution >= 0.6 is 11.3 Å². The Balaban J connectivity index is 1.06. The molecule has 0 bridgehead atoms. The van der Waals surface area contributed by atoms with Crippen molar-refractivity contribution in [1.82, 2.24) is 19.4 Å². The van der Waals surface area contributed by atoms with Crippen molar-refractivity contribution in [1.29, 1.82) is 0 Å². The Morgan fingerprint density at radius 2 is 1.68 bits per heavy atom. The van der Waals surface area contributed by atoms with Crippen LogP contribution < -0.4 is 19.9 Å². The Labute approximate surface area is 239 Å². The zero-order chi connectivity index (χ0) is 27.5. The highest BCUT2D eigenvalue weighted by atomic mass is 32.1. The van der Waals surface area contributed by atoms with E-state index in [1.54, 1.807) is 31.9 Å². The highest BCUT2D eigenvalue weighted by molar-refractivity contribution is 7.18. The van der Waals surface area contributed by atoms with Gasteiger partial charge in [0.1, 0.15) is 16.3 Å². The molecule has 2 aromatic carbocycles. The second-order valence-corrected chi connectivity index (χ2v) is 11.6. The van der Waals surface area contributed by atoms with E-state index in [9.17, 15) is 4.79 Å². The lowest BCUT2D eigenvalue weighted by Gasteiger charge is -2.36. The van der Waals surface area contributed by atoms with E-state index in [4.69, 9.17) is 14.5 Å². The number of aromatic nitrogens is 2. The molecule has 0 radical (unpaired) electrons. The van der Waals surface area contributed by atoms with Crippen molar-refractivity contribution in [2.75, 3.05) is 64.9 Å². The number of rotatable bonds is 9. The molecule has 4 aromatic rings. The van der Waals surface area contributed by atoms with Gasteiger partial charge >= 0.3 is 0 Å². The van der Waals surface area contributed by atoms with Crippen LogP contribution in [0, 0.1) is 0 Å². The molecule has 0 unspecified atom stereocenters. The molecule has 40 heavy (non-hydrogen) atoms. The molecule has 2 aliphatic heterocycles. The third-order valence-corrected chi connectivity index (χ3v) is 9.36. The number of hydrogen-bond acceptors (Lipinski definition) is 8. The monoisotopic (exact) mass is 559 g/mol. The van der Waals surface area contributed by atoms with Crippen LogP contribution in [0.25, 0.3) is 10.2 Å². The molecule has 0 aliphatic carbocycles. The van der Waals surface area contributed by atoms with Crippen molar-refractivity contribution in [2.24, 2.45) is 0 Å². The van der Waals surface area contributed by atoms with Gasteiger partial charge in [-0.15, -0.1) is 11.3 Å². The number of ether oxygens (including phenoxy) is 2. The van der Waals surface area contributed by atoms with Gasteiger partial charge in [-0.3, -0.25) is 19.2 Å². The van der Waals surface area contributed by atoms with Gasteiger partial charge in [-0.1, -0.05) is 24.3 Å². The van der Waals surface area contributed by atoms with E-state index >= 15 is 0 Å². The van der Waals surface area contributed by atoms with Crippen molar-refractivity contribution in [3.8, 4) is 11.5 Å². The number of benzene rings is 2. The Kier molecular flexibility index (Phi) is 8.04. The average Bonchev–Trinajstić information content (AvgIpc) is 3.39. The van der Waals surface area contributed by atoms with Crippen molar-refractivity contribution >= 4 is 27.2 Å². The van der Waals surface area contributed by atoms with Gasteiger partial charge in [0, 0.05) is 63.8 Å². The van der Waals surface area contributed by atoms with Crippen molar-refractivity contribution < 1.29 is 9.47 Å². The minimum absolute atomic E-state index is 0.113. The number of methoxy groups -OCH3 is 2. The van der Waals surface area contributed by atoms with Gasteiger partial charge in [-0.25, -0.2) is 4.98 Å². The number of hydrogen-bond donors (Lipinski definition) is 0. The third kappa shape index (κ3) is 5.59. The third-order valence-electron chi connectivity index (χ3n) is 8.24. The first-order valence-electron chi connectivity index (χ1n) is 14.1. The number of anilines is 1. The fourth-order valence-corrected chi connectivity index (χ4v) is 7.07. The molecule has 2 aromatic heterocycles. The van der Waals surface area contributed by atoms with Crippen LogP contribution in [0.4, 0.5) is 5.69 Å². The van der Waals surface area contributed by atoms with Crippen molar-refractivity contribution in [3.05, 3.63) is 81.2 Å². The average molecular weight is 560 g/mol. The van der Waals surface area contributed by atoms with Gasteiger partial charge in [-0.05, 0) is 48.2 Å². The Morgan fingerprint density at radius 1 is 0.875 bits per heavy atom. The van der Waals surface area contributed by atoms with Crippen molar-refractivity contribution in [2.45, 2.75) is 25.9 Å². The molecule has 2 aliphatic rings. The van der Waals surface area contributed by atoms with Crippen LogP contribution in [-0.2, 0) is 25.9 Å². The highest BCUT2D eigenvalue weighted by Gasteiger charge is 2.24. The predicted molar refractivity (Wildman–Crippen MR) is 161 cm³/mol. The molecule has 0 spiro atoms. The Morgan fingerprint density at radius 3 is 2.45 bits per heavy atom. The molecular weight excluding hydrogens is 522 g/mol. The molecule has 6 rings (SSSR count). The smallest absolute Gasteiger partial charge is 0.262 e. The SMILES string of the molecule is COc1ccc(CCN2CCc3c(sc4ncn(CCN5CCN(c6ccccc6OC)CC5)c(=O)c34)C2)cc1. The topological polar surface area (TPSA) is 63.1 Å². The van der Waals surface area contributed by atoms with Gasteiger partial charge in [0.05, 0.1) is 31.6 Å². The summed E-state index contributed by atoms with van der Waals surface area (Å²) in [5.74, 6) is 1.81. The quantitative estimate of drug-likeness (QED) is 0.308. The maximum atomic E-state index is 13.6. The second-order valence-electron chi connectivity index (χ2n) is 10.6. The largest absolute Gasteiger partial charge is 0.497 e. The molecule has 0 N–H and O–H groups in total. The number of nitrogens with zero attached hydrogens (tertiary/aromatic N) is 5. The molecule has 1 fully saturated rings. The minimum Gasteiger partial charge on any atom is -0.497 e.